The van der Waals surface area contributed by atoms with Gasteiger partial charge in [-0.1, -0.05) is 30.3 Å². The highest BCUT2D eigenvalue weighted by atomic mass is 19.1. The van der Waals surface area contributed by atoms with E-state index in [0.717, 1.165) is 0 Å². The van der Waals surface area contributed by atoms with E-state index in [2.05, 4.69) is 5.32 Å². The third-order valence-corrected chi connectivity index (χ3v) is 3.76. The minimum absolute atomic E-state index is 0.0292. The molecule has 0 aliphatic carbocycles. The van der Waals surface area contributed by atoms with E-state index in [-0.39, 0.29) is 12.8 Å². The Kier molecular flexibility index (Phi) is 6.34. The number of carbonyl (C=O) groups excluding carboxylic acids is 1. The zero-order valence-electron chi connectivity index (χ0n) is 12.8. The first kappa shape index (κ1) is 17.2. The number of carboxylic acids is 1. The van der Waals surface area contributed by atoms with Crippen LogP contribution in [-0.2, 0) is 9.53 Å². The van der Waals surface area contributed by atoms with Crippen molar-refractivity contribution in [2.75, 3.05) is 26.3 Å². The maximum Gasteiger partial charge on any atom is 0.326 e. The minimum atomic E-state index is -1.25. The highest BCUT2D eigenvalue weighted by Crippen LogP contribution is 2.23. The molecular weight excluding hydrogens is 303 g/mol. The van der Waals surface area contributed by atoms with Crippen molar-refractivity contribution in [1.82, 2.24) is 10.2 Å². The van der Waals surface area contributed by atoms with E-state index in [1.165, 1.54) is 4.90 Å². The Labute approximate surface area is 134 Å². The molecule has 23 heavy (non-hydrogen) atoms. The molecule has 0 saturated carbocycles. The molecule has 0 bridgehead atoms. The number of ether oxygens (including phenoxy) is 1. The van der Waals surface area contributed by atoms with Crippen LogP contribution in [0.15, 0.2) is 30.3 Å². The van der Waals surface area contributed by atoms with Gasteiger partial charge in [0.05, 0.1) is 13.2 Å². The second-order valence-electron chi connectivity index (χ2n) is 5.40. The molecule has 1 aliphatic heterocycles. The number of alkyl halides is 1. The second kappa shape index (κ2) is 8.47. The molecular formula is C16H21FN2O4. The molecule has 1 heterocycles. The van der Waals surface area contributed by atoms with E-state index in [0.29, 0.717) is 31.9 Å². The number of amides is 2. The average molecular weight is 324 g/mol. The number of carboxylic acid groups (broad SMARTS) is 1. The average Bonchev–Trinajstić information content (AvgIpc) is 2.59. The molecule has 1 aromatic carbocycles. The normalized spacial score (nSPS) is 17.3. The minimum Gasteiger partial charge on any atom is -0.480 e. The number of hydrogen-bond acceptors (Lipinski definition) is 3. The number of hydrogen-bond donors (Lipinski definition) is 2. The maximum absolute atomic E-state index is 14.1. The monoisotopic (exact) mass is 324 g/mol. The van der Waals surface area contributed by atoms with Gasteiger partial charge in [0.2, 0.25) is 0 Å². The van der Waals surface area contributed by atoms with Crippen LogP contribution in [0.4, 0.5) is 9.18 Å². The molecule has 126 valence electrons. The van der Waals surface area contributed by atoms with E-state index in [1.54, 1.807) is 30.3 Å². The van der Waals surface area contributed by atoms with Gasteiger partial charge in [-0.25, -0.2) is 14.0 Å². The summed E-state index contributed by atoms with van der Waals surface area (Å²) in [6.45, 7) is 1.72. The van der Waals surface area contributed by atoms with Crippen LogP contribution < -0.4 is 5.32 Å². The predicted octanol–water partition coefficient (Wildman–Crippen LogP) is 1.97. The topological polar surface area (TPSA) is 78.9 Å². The van der Waals surface area contributed by atoms with Crippen LogP contribution in [0.3, 0.4) is 0 Å². The van der Waals surface area contributed by atoms with Gasteiger partial charge in [-0.15, -0.1) is 0 Å². The molecule has 2 atom stereocenters. The molecule has 1 aromatic rings. The number of nitrogens with one attached hydrogen (secondary N) is 1. The summed E-state index contributed by atoms with van der Waals surface area (Å²) < 4.78 is 19.3. The molecule has 1 saturated heterocycles. The summed E-state index contributed by atoms with van der Waals surface area (Å²) >= 11 is 0. The molecule has 1 aliphatic rings. The fraction of sp³-hybridized carbons (Fsp3) is 0.500. The maximum atomic E-state index is 14.1. The Bertz CT molecular complexity index is 520. The molecule has 2 N–H and O–H groups in total. The number of rotatable bonds is 6. The first-order valence-corrected chi connectivity index (χ1v) is 7.63. The summed E-state index contributed by atoms with van der Waals surface area (Å²) in [5, 5.41) is 11.7. The Morgan fingerprint density at radius 3 is 2.48 bits per heavy atom. The van der Waals surface area contributed by atoms with Crippen molar-refractivity contribution < 1.29 is 23.8 Å². The summed E-state index contributed by atoms with van der Waals surface area (Å²) in [6.07, 6.45) is -1.19. The largest absolute Gasteiger partial charge is 0.480 e. The number of aliphatic carboxylic acids is 1. The van der Waals surface area contributed by atoms with Crippen LogP contribution in [0.1, 0.15) is 24.6 Å². The SMILES string of the molecule is O=C(O)C(CCC(F)c1ccccc1)NC(=O)N1CCOCC1. The van der Waals surface area contributed by atoms with Gasteiger partial charge in [0.1, 0.15) is 12.2 Å². The van der Waals surface area contributed by atoms with Gasteiger partial charge >= 0.3 is 12.0 Å². The second-order valence-corrected chi connectivity index (χ2v) is 5.40. The molecule has 2 rings (SSSR count). The van der Waals surface area contributed by atoms with Crippen LogP contribution >= 0.6 is 0 Å². The van der Waals surface area contributed by atoms with Crippen molar-refractivity contribution in [2.45, 2.75) is 25.1 Å². The zero-order chi connectivity index (χ0) is 16.7. The van der Waals surface area contributed by atoms with Gasteiger partial charge in [-0.3, -0.25) is 0 Å². The van der Waals surface area contributed by atoms with Crippen LogP contribution in [0.2, 0.25) is 0 Å². The smallest absolute Gasteiger partial charge is 0.326 e. The molecule has 1 fully saturated rings. The molecule has 7 heteroatoms. The lowest BCUT2D eigenvalue weighted by Crippen LogP contribution is -2.51. The van der Waals surface area contributed by atoms with Gasteiger partial charge in [0.15, 0.2) is 0 Å². The summed E-state index contributed by atoms with van der Waals surface area (Å²) in [4.78, 5) is 24.8. The summed E-state index contributed by atoms with van der Waals surface area (Å²) in [5.41, 5.74) is 0.510. The number of morpholine rings is 1. The van der Waals surface area contributed by atoms with Crippen molar-refractivity contribution in [3.63, 3.8) is 0 Å². The van der Waals surface area contributed by atoms with E-state index in [9.17, 15) is 19.1 Å². The predicted molar refractivity (Wildman–Crippen MR) is 81.9 cm³/mol. The van der Waals surface area contributed by atoms with Crippen molar-refractivity contribution >= 4 is 12.0 Å². The Morgan fingerprint density at radius 1 is 1.22 bits per heavy atom. The number of urea groups is 1. The summed E-state index contributed by atoms with van der Waals surface area (Å²) in [7, 11) is 0. The van der Waals surface area contributed by atoms with Gasteiger partial charge in [-0.05, 0) is 18.4 Å². The van der Waals surface area contributed by atoms with Gasteiger partial charge in [0.25, 0.3) is 0 Å². The van der Waals surface area contributed by atoms with E-state index in [1.807, 2.05) is 0 Å². The van der Waals surface area contributed by atoms with Crippen molar-refractivity contribution in [3.05, 3.63) is 35.9 Å². The van der Waals surface area contributed by atoms with E-state index < -0.39 is 24.2 Å². The third-order valence-electron chi connectivity index (χ3n) is 3.76. The first-order valence-electron chi connectivity index (χ1n) is 7.63. The Hall–Kier alpha value is -2.15. The first-order chi connectivity index (χ1) is 11.1. The molecule has 0 aromatic heterocycles. The third kappa shape index (κ3) is 5.21. The zero-order valence-corrected chi connectivity index (χ0v) is 12.8. The van der Waals surface area contributed by atoms with Crippen LogP contribution in [0, 0.1) is 0 Å². The number of halogens is 1. The molecule has 2 unspecified atom stereocenters. The van der Waals surface area contributed by atoms with Crippen LogP contribution in [-0.4, -0.2) is 54.4 Å². The van der Waals surface area contributed by atoms with Crippen LogP contribution in [0.5, 0.6) is 0 Å². The fourth-order valence-corrected chi connectivity index (χ4v) is 2.41. The standard InChI is InChI=1S/C16H21FN2O4/c17-13(12-4-2-1-3-5-12)6-7-14(15(20)21)18-16(22)19-8-10-23-11-9-19/h1-5,13-14H,6-11H2,(H,18,22)(H,20,21). The molecule has 0 radical (unpaired) electrons. The summed E-state index contributed by atoms with van der Waals surface area (Å²) in [6, 6.07) is 7.02. The van der Waals surface area contributed by atoms with Crippen molar-refractivity contribution in [3.8, 4) is 0 Å². The summed E-state index contributed by atoms with van der Waals surface area (Å²) in [5.74, 6) is -1.16. The number of carbonyl (C=O) groups is 2. The molecule has 2 amide bonds. The van der Waals surface area contributed by atoms with Gasteiger partial charge < -0.3 is 20.1 Å². The van der Waals surface area contributed by atoms with Gasteiger partial charge in [-0.2, -0.15) is 0 Å². The quantitative estimate of drug-likeness (QED) is 0.838. The lowest BCUT2D eigenvalue weighted by atomic mass is 10.0. The number of nitrogens with zero attached hydrogens (tertiary/aromatic N) is 1. The lowest BCUT2D eigenvalue weighted by molar-refractivity contribution is -0.139. The Balaban J connectivity index is 1.86. The number of benzene rings is 1. The van der Waals surface area contributed by atoms with Crippen molar-refractivity contribution in [2.24, 2.45) is 0 Å². The van der Waals surface area contributed by atoms with Crippen LogP contribution in [0.25, 0.3) is 0 Å². The molecule has 0 spiro atoms. The fourth-order valence-electron chi connectivity index (χ4n) is 2.41. The Morgan fingerprint density at radius 2 is 1.87 bits per heavy atom. The molecule has 6 nitrogen and oxygen atoms in total. The highest BCUT2D eigenvalue weighted by Gasteiger charge is 2.25. The van der Waals surface area contributed by atoms with Crippen molar-refractivity contribution in [1.29, 1.82) is 0 Å². The van der Waals surface area contributed by atoms with E-state index in [4.69, 9.17) is 4.74 Å². The van der Waals surface area contributed by atoms with E-state index >= 15 is 0 Å². The van der Waals surface area contributed by atoms with Gasteiger partial charge in [0, 0.05) is 13.1 Å². The highest BCUT2D eigenvalue weighted by molar-refractivity contribution is 5.82. The lowest BCUT2D eigenvalue weighted by Gasteiger charge is -2.28.